The van der Waals surface area contributed by atoms with Crippen molar-refractivity contribution in [3.05, 3.63) is 67.1 Å². The number of aryl methyl sites for hydroxylation is 1. The first-order valence-electron chi connectivity index (χ1n) is 10.7. The fourth-order valence-corrected chi connectivity index (χ4v) is 4.40. The number of aromatic nitrogens is 5. The van der Waals surface area contributed by atoms with E-state index in [-0.39, 0.29) is 4.90 Å². The van der Waals surface area contributed by atoms with Crippen molar-refractivity contribution in [1.82, 2.24) is 24.1 Å². The minimum atomic E-state index is -3.39. The van der Waals surface area contributed by atoms with Crippen LogP contribution in [-0.4, -0.2) is 38.8 Å². The molecule has 0 amide bonds. The summed E-state index contributed by atoms with van der Waals surface area (Å²) in [6.07, 6.45) is 9.17. The third-order valence-corrected chi connectivity index (χ3v) is 6.45. The standard InChI is InChI=1S/C21H18N6O2S.C3H6/c1-26-13-23-17-9-7-14(11-19(17)26)24-21-22-12-15-8-10-18(27(15)25-21)16-5-3-4-6-20(16)30(2,28)29;1-2-3-1/h3-13H,1-2H3,(H,24,25);1-3H2. The molecule has 1 saturated carbocycles. The topological polar surface area (TPSA) is 94.2 Å². The highest BCUT2D eigenvalue weighted by Gasteiger charge is 2.17. The second-order valence-electron chi connectivity index (χ2n) is 8.15. The Morgan fingerprint density at radius 2 is 1.76 bits per heavy atom. The Morgan fingerprint density at radius 3 is 2.52 bits per heavy atom. The van der Waals surface area contributed by atoms with Crippen LogP contribution in [0.15, 0.2) is 72.0 Å². The Balaban J connectivity index is 0.000000705. The van der Waals surface area contributed by atoms with Crippen molar-refractivity contribution < 1.29 is 8.42 Å². The van der Waals surface area contributed by atoms with Crippen molar-refractivity contribution in [2.24, 2.45) is 7.05 Å². The highest BCUT2D eigenvalue weighted by molar-refractivity contribution is 7.90. The molecule has 0 radical (unpaired) electrons. The van der Waals surface area contributed by atoms with E-state index in [1.165, 1.54) is 25.5 Å². The van der Waals surface area contributed by atoms with E-state index in [4.69, 9.17) is 0 Å². The lowest BCUT2D eigenvalue weighted by Gasteiger charge is -2.09. The van der Waals surface area contributed by atoms with Crippen molar-refractivity contribution in [2.75, 3.05) is 11.6 Å². The molecule has 1 aliphatic carbocycles. The number of benzene rings is 2. The van der Waals surface area contributed by atoms with Gasteiger partial charge in [-0.1, -0.05) is 37.5 Å². The lowest BCUT2D eigenvalue weighted by atomic mass is 10.1. The number of rotatable bonds is 4. The summed E-state index contributed by atoms with van der Waals surface area (Å²) in [4.78, 5) is 8.97. The summed E-state index contributed by atoms with van der Waals surface area (Å²) in [5.41, 5.74) is 4.77. The van der Waals surface area contributed by atoms with Gasteiger partial charge in [0.05, 0.1) is 39.7 Å². The van der Waals surface area contributed by atoms with Gasteiger partial charge in [0.1, 0.15) is 0 Å². The van der Waals surface area contributed by atoms with Gasteiger partial charge in [0, 0.05) is 24.6 Å². The Morgan fingerprint density at radius 1 is 0.970 bits per heavy atom. The van der Waals surface area contributed by atoms with Crippen LogP contribution < -0.4 is 5.32 Å². The Hall–Kier alpha value is -3.72. The van der Waals surface area contributed by atoms with Gasteiger partial charge in [-0.15, -0.1) is 5.10 Å². The largest absolute Gasteiger partial charge is 0.334 e. The molecule has 5 aromatic rings. The molecule has 1 aliphatic rings. The molecule has 0 bridgehead atoms. The van der Waals surface area contributed by atoms with Gasteiger partial charge in [-0.2, -0.15) is 0 Å². The van der Waals surface area contributed by atoms with Crippen molar-refractivity contribution in [3.63, 3.8) is 0 Å². The van der Waals surface area contributed by atoms with Gasteiger partial charge in [0.25, 0.3) is 0 Å². The number of anilines is 2. The van der Waals surface area contributed by atoms with Gasteiger partial charge in [0.2, 0.25) is 5.95 Å². The predicted octanol–water partition coefficient (Wildman–Crippen LogP) is 4.60. The molecular formula is C24H24N6O2S. The molecule has 0 saturated heterocycles. The van der Waals surface area contributed by atoms with Crippen LogP contribution in [0.25, 0.3) is 27.8 Å². The quantitative estimate of drug-likeness (QED) is 0.421. The van der Waals surface area contributed by atoms with Crippen LogP contribution in [0.5, 0.6) is 0 Å². The summed E-state index contributed by atoms with van der Waals surface area (Å²) in [5, 5.41) is 7.81. The lowest BCUT2D eigenvalue weighted by molar-refractivity contribution is 0.602. The van der Waals surface area contributed by atoms with Crippen LogP contribution in [0.2, 0.25) is 0 Å². The Kier molecular flexibility index (Phi) is 5.33. The SMILES string of the molecule is C1CC1.Cn1cnc2ccc(Nc3ncc4ccc(-c5ccccc5S(C)(=O)=O)n4n3)cc21. The van der Waals surface area contributed by atoms with Gasteiger partial charge in [-0.25, -0.2) is 22.9 Å². The second kappa shape index (κ2) is 8.32. The zero-order valence-electron chi connectivity index (χ0n) is 18.4. The molecule has 1 N–H and O–H groups in total. The van der Waals surface area contributed by atoms with Crippen LogP contribution in [0.4, 0.5) is 11.6 Å². The third-order valence-electron chi connectivity index (χ3n) is 5.30. The van der Waals surface area contributed by atoms with Gasteiger partial charge in [-0.3, -0.25) is 0 Å². The smallest absolute Gasteiger partial charge is 0.245 e. The van der Waals surface area contributed by atoms with Gasteiger partial charge in [0.15, 0.2) is 9.84 Å². The lowest BCUT2D eigenvalue weighted by Crippen LogP contribution is -2.05. The molecule has 33 heavy (non-hydrogen) atoms. The fraction of sp³-hybridized carbons (Fsp3) is 0.208. The number of imidazole rings is 1. The van der Waals surface area contributed by atoms with Crippen LogP contribution in [-0.2, 0) is 16.9 Å². The minimum Gasteiger partial charge on any atom is -0.334 e. The van der Waals surface area contributed by atoms with Crippen LogP contribution >= 0.6 is 0 Å². The molecule has 6 rings (SSSR count). The maximum atomic E-state index is 12.2. The summed E-state index contributed by atoms with van der Waals surface area (Å²) >= 11 is 0. The van der Waals surface area contributed by atoms with E-state index in [0.717, 1.165) is 22.2 Å². The predicted molar refractivity (Wildman–Crippen MR) is 129 cm³/mol. The molecule has 8 nitrogen and oxygen atoms in total. The van der Waals surface area contributed by atoms with Gasteiger partial charge in [-0.05, 0) is 36.4 Å². The van der Waals surface area contributed by atoms with E-state index in [2.05, 4.69) is 20.4 Å². The molecule has 2 aromatic carbocycles. The summed E-state index contributed by atoms with van der Waals surface area (Å²) in [6.45, 7) is 0. The van der Waals surface area contributed by atoms with E-state index in [9.17, 15) is 8.42 Å². The molecule has 3 heterocycles. The average molecular weight is 461 g/mol. The van der Waals surface area contributed by atoms with Crippen LogP contribution in [0.3, 0.4) is 0 Å². The molecule has 0 unspecified atom stereocenters. The molecule has 0 aliphatic heterocycles. The summed E-state index contributed by atoms with van der Waals surface area (Å²) in [6, 6.07) is 16.4. The van der Waals surface area contributed by atoms with Crippen LogP contribution in [0.1, 0.15) is 19.3 Å². The van der Waals surface area contributed by atoms with Crippen molar-refractivity contribution in [2.45, 2.75) is 24.2 Å². The van der Waals surface area contributed by atoms with E-state index < -0.39 is 9.84 Å². The normalized spacial score (nSPS) is 13.0. The number of hydrogen-bond acceptors (Lipinski definition) is 6. The highest BCUT2D eigenvalue weighted by Crippen LogP contribution is 2.29. The van der Waals surface area contributed by atoms with Crippen LogP contribution in [0, 0.1) is 0 Å². The third kappa shape index (κ3) is 4.45. The molecule has 0 spiro atoms. The van der Waals surface area contributed by atoms with E-state index in [1.54, 1.807) is 35.2 Å². The van der Waals surface area contributed by atoms with Gasteiger partial charge < -0.3 is 9.88 Å². The van der Waals surface area contributed by atoms with E-state index in [1.807, 2.05) is 48.0 Å². The zero-order chi connectivity index (χ0) is 23.0. The van der Waals surface area contributed by atoms with E-state index >= 15 is 0 Å². The maximum Gasteiger partial charge on any atom is 0.245 e. The molecule has 3 aromatic heterocycles. The number of nitrogens with one attached hydrogen (secondary N) is 1. The number of sulfone groups is 1. The van der Waals surface area contributed by atoms with Crippen molar-refractivity contribution in [1.29, 1.82) is 0 Å². The summed E-state index contributed by atoms with van der Waals surface area (Å²) in [7, 11) is -1.45. The molecule has 1 fully saturated rings. The van der Waals surface area contributed by atoms with Gasteiger partial charge >= 0.3 is 0 Å². The Bertz CT molecular complexity index is 1560. The zero-order valence-corrected chi connectivity index (χ0v) is 19.2. The molecule has 9 heteroatoms. The maximum absolute atomic E-state index is 12.2. The highest BCUT2D eigenvalue weighted by atomic mass is 32.2. The molecular weight excluding hydrogens is 436 g/mol. The number of fused-ring (bicyclic) bond motifs is 2. The first-order valence-corrected chi connectivity index (χ1v) is 12.6. The average Bonchev–Trinajstić information content (AvgIpc) is 3.56. The molecule has 168 valence electrons. The van der Waals surface area contributed by atoms with E-state index in [0.29, 0.717) is 17.2 Å². The number of nitrogens with zero attached hydrogens (tertiary/aromatic N) is 5. The monoisotopic (exact) mass is 460 g/mol. The molecule has 0 atom stereocenters. The Labute approximate surface area is 191 Å². The minimum absolute atomic E-state index is 0.264. The van der Waals surface area contributed by atoms with Crippen molar-refractivity contribution in [3.8, 4) is 11.3 Å². The summed E-state index contributed by atoms with van der Waals surface area (Å²) in [5.74, 6) is 0.401. The first-order chi connectivity index (χ1) is 15.9. The fourth-order valence-electron chi connectivity index (χ4n) is 3.50. The number of hydrogen-bond donors (Lipinski definition) is 1. The summed E-state index contributed by atoms with van der Waals surface area (Å²) < 4.78 is 28.1. The second-order valence-corrected chi connectivity index (χ2v) is 10.1. The van der Waals surface area contributed by atoms with Crippen molar-refractivity contribution >= 4 is 38.0 Å². The first kappa shape index (κ1) is 21.1.